The molecule has 182 valence electrons. The van der Waals surface area contributed by atoms with Crippen LogP contribution in [-0.2, 0) is 14.3 Å². The molecule has 7 heteroatoms. The Bertz CT molecular complexity index is 1130. The second-order valence-corrected chi connectivity index (χ2v) is 9.75. The number of hydrogen-bond donors (Lipinski definition) is 2. The Balaban J connectivity index is 1.19. The zero-order valence-corrected chi connectivity index (χ0v) is 19.7. The average molecular weight is 475 g/mol. The minimum Gasteiger partial charge on any atom is -0.480 e. The van der Waals surface area contributed by atoms with E-state index < -0.39 is 18.1 Å². The van der Waals surface area contributed by atoms with Gasteiger partial charge in [-0.2, -0.15) is 0 Å². The molecule has 7 nitrogen and oxygen atoms in total. The van der Waals surface area contributed by atoms with Gasteiger partial charge < -0.3 is 20.1 Å². The van der Waals surface area contributed by atoms with Crippen molar-refractivity contribution in [2.24, 2.45) is 11.8 Å². The van der Waals surface area contributed by atoms with Crippen molar-refractivity contribution in [1.29, 1.82) is 0 Å². The highest BCUT2D eigenvalue weighted by Crippen LogP contribution is 2.44. The van der Waals surface area contributed by atoms with E-state index in [0.717, 1.165) is 11.1 Å². The number of amides is 2. The normalized spacial score (nSPS) is 25.1. The minimum absolute atomic E-state index is 0.0190. The molecule has 2 aliphatic carbocycles. The van der Waals surface area contributed by atoms with Gasteiger partial charge in [-0.15, -0.1) is 0 Å². The molecule has 1 aliphatic heterocycles. The molecule has 0 spiro atoms. The van der Waals surface area contributed by atoms with E-state index in [1.165, 1.54) is 16.0 Å². The van der Waals surface area contributed by atoms with Gasteiger partial charge in [-0.25, -0.2) is 9.59 Å². The minimum atomic E-state index is -0.956. The fourth-order valence-corrected chi connectivity index (χ4v) is 5.79. The molecule has 1 fully saturated rings. The van der Waals surface area contributed by atoms with Crippen LogP contribution >= 0.6 is 0 Å². The first-order chi connectivity index (χ1) is 16.9. The smallest absolute Gasteiger partial charge is 0.407 e. The number of carbonyl (C=O) groups excluding carboxylic acids is 2. The van der Waals surface area contributed by atoms with Gasteiger partial charge in [0.25, 0.3) is 0 Å². The van der Waals surface area contributed by atoms with Crippen LogP contribution in [0.2, 0.25) is 0 Å². The maximum Gasteiger partial charge on any atom is 0.407 e. The highest BCUT2D eigenvalue weighted by molar-refractivity contribution is 5.86. The summed E-state index contributed by atoms with van der Waals surface area (Å²) in [6, 6.07) is 15.2. The summed E-state index contributed by atoms with van der Waals surface area (Å²) in [6.45, 7) is 2.56. The van der Waals surface area contributed by atoms with E-state index in [1.54, 1.807) is 0 Å². The zero-order valence-electron chi connectivity index (χ0n) is 19.7. The van der Waals surface area contributed by atoms with E-state index in [4.69, 9.17) is 4.74 Å². The van der Waals surface area contributed by atoms with Crippen molar-refractivity contribution in [2.75, 3.05) is 13.2 Å². The van der Waals surface area contributed by atoms with E-state index >= 15 is 0 Å². The van der Waals surface area contributed by atoms with Crippen molar-refractivity contribution in [2.45, 2.75) is 44.2 Å². The lowest BCUT2D eigenvalue weighted by Gasteiger charge is -2.30. The van der Waals surface area contributed by atoms with Gasteiger partial charge in [-0.3, -0.25) is 4.79 Å². The number of carbonyl (C=O) groups is 3. The van der Waals surface area contributed by atoms with E-state index in [1.807, 2.05) is 43.3 Å². The molecule has 0 radical (unpaired) electrons. The van der Waals surface area contributed by atoms with Gasteiger partial charge in [0.2, 0.25) is 5.91 Å². The van der Waals surface area contributed by atoms with Crippen molar-refractivity contribution in [3.63, 3.8) is 0 Å². The lowest BCUT2D eigenvalue weighted by molar-refractivity contribution is -0.151. The second-order valence-electron chi connectivity index (χ2n) is 9.75. The molecule has 35 heavy (non-hydrogen) atoms. The van der Waals surface area contributed by atoms with Gasteiger partial charge in [0.1, 0.15) is 12.6 Å². The third-order valence-corrected chi connectivity index (χ3v) is 7.56. The first-order valence-corrected chi connectivity index (χ1v) is 12.3. The third-order valence-electron chi connectivity index (χ3n) is 7.56. The average Bonchev–Trinajstić information content (AvgIpc) is 3.40. The maximum absolute atomic E-state index is 13.1. The van der Waals surface area contributed by atoms with Gasteiger partial charge >= 0.3 is 12.1 Å². The van der Waals surface area contributed by atoms with Crippen molar-refractivity contribution < 1.29 is 24.2 Å². The van der Waals surface area contributed by atoms with Gasteiger partial charge in [-0.05, 0) is 47.4 Å². The molecule has 2 aromatic carbocycles. The van der Waals surface area contributed by atoms with Crippen LogP contribution in [0.1, 0.15) is 43.2 Å². The fourth-order valence-electron chi connectivity index (χ4n) is 5.79. The summed E-state index contributed by atoms with van der Waals surface area (Å²) in [5.74, 6) is -1.54. The number of rotatable bonds is 5. The zero-order chi connectivity index (χ0) is 24.5. The molecule has 4 atom stereocenters. The Morgan fingerprint density at radius 2 is 1.71 bits per heavy atom. The highest BCUT2D eigenvalue weighted by atomic mass is 16.5. The molecule has 0 saturated carbocycles. The standard InChI is InChI=1S/C28H30N2O5/c1-17-13-14-30(25(17)27(32)33)26(31)18-7-6-8-19(15-18)29-28(34)35-16-24-22-11-4-2-9-20(22)21-10-3-5-12-23(21)24/h2-6,8-12,17-19,24-25H,7,13-16H2,1H3,(H,29,34)(H,32,33)/t17?,18-,19-,25?/m1/s1. The molecule has 2 N–H and O–H groups in total. The van der Waals surface area contributed by atoms with Gasteiger partial charge in [-0.1, -0.05) is 67.6 Å². The topological polar surface area (TPSA) is 95.9 Å². The molecule has 2 amide bonds. The van der Waals surface area contributed by atoms with Crippen LogP contribution in [0.4, 0.5) is 4.79 Å². The predicted octanol–water partition coefficient (Wildman–Crippen LogP) is 4.18. The number of allylic oxidation sites excluding steroid dienone is 1. The van der Waals surface area contributed by atoms with Crippen LogP contribution < -0.4 is 5.32 Å². The monoisotopic (exact) mass is 474 g/mol. The van der Waals surface area contributed by atoms with Gasteiger partial charge in [0.15, 0.2) is 0 Å². The fraction of sp³-hybridized carbons (Fsp3) is 0.393. The van der Waals surface area contributed by atoms with E-state index in [2.05, 4.69) is 29.6 Å². The van der Waals surface area contributed by atoms with E-state index in [-0.39, 0.29) is 36.3 Å². The van der Waals surface area contributed by atoms with Crippen molar-refractivity contribution in [1.82, 2.24) is 10.2 Å². The van der Waals surface area contributed by atoms with Crippen molar-refractivity contribution in [3.05, 3.63) is 71.8 Å². The molecule has 2 aromatic rings. The molecule has 2 unspecified atom stereocenters. The summed E-state index contributed by atoms with van der Waals surface area (Å²) in [5.41, 5.74) is 4.64. The van der Waals surface area contributed by atoms with Crippen LogP contribution in [-0.4, -0.2) is 53.2 Å². The lowest BCUT2D eigenvalue weighted by atomic mass is 9.89. The summed E-state index contributed by atoms with van der Waals surface area (Å²) in [6.07, 6.45) is 4.90. The van der Waals surface area contributed by atoms with Crippen LogP contribution in [0.3, 0.4) is 0 Å². The summed E-state index contributed by atoms with van der Waals surface area (Å²) in [7, 11) is 0. The van der Waals surface area contributed by atoms with Gasteiger partial charge in [0, 0.05) is 18.4 Å². The molecule has 0 bridgehead atoms. The summed E-state index contributed by atoms with van der Waals surface area (Å²) in [5, 5.41) is 12.4. The number of alkyl carbamates (subject to hydrolysis) is 1. The highest BCUT2D eigenvalue weighted by Gasteiger charge is 2.42. The largest absolute Gasteiger partial charge is 0.480 e. The van der Waals surface area contributed by atoms with Crippen molar-refractivity contribution >= 4 is 18.0 Å². The Labute approximate surface area is 204 Å². The summed E-state index contributed by atoms with van der Waals surface area (Å²) in [4.78, 5) is 39.0. The number of ether oxygens (including phenoxy) is 1. The molecular weight excluding hydrogens is 444 g/mol. The van der Waals surface area contributed by atoms with E-state index in [9.17, 15) is 19.5 Å². The van der Waals surface area contributed by atoms with Crippen molar-refractivity contribution in [3.8, 4) is 11.1 Å². The number of hydrogen-bond acceptors (Lipinski definition) is 4. The first kappa shape index (κ1) is 23.1. The molecular formula is C28H30N2O5. The van der Waals surface area contributed by atoms with Crippen LogP contribution in [0.5, 0.6) is 0 Å². The van der Waals surface area contributed by atoms with E-state index in [0.29, 0.717) is 25.8 Å². The number of benzene rings is 2. The number of likely N-dealkylation sites (tertiary alicyclic amines) is 1. The number of nitrogens with zero attached hydrogens (tertiary/aromatic N) is 1. The summed E-state index contributed by atoms with van der Waals surface area (Å²) < 4.78 is 5.64. The maximum atomic E-state index is 13.1. The number of fused-ring (bicyclic) bond motifs is 3. The summed E-state index contributed by atoms with van der Waals surface area (Å²) >= 11 is 0. The van der Waals surface area contributed by atoms with Crippen LogP contribution in [0.25, 0.3) is 11.1 Å². The number of aliphatic carboxylic acids is 1. The molecule has 1 heterocycles. The Morgan fingerprint density at radius 1 is 1.06 bits per heavy atom. The second kappa shape index (κ2) is 9.56. The van der Waals surface area contributed by atoms with Gasteiger partial charge in [0.05, 0.1) is 6.04 Å². The van der Waals surface area contributed by atoms with Crippen LogP contribution in [0, 0.1) is 11.8 Å². The number of carboxylic acids is 1. The number of carboxylic acid groups (broad SMARTS) is 1. The SMILES string of the molecule is CC1CCN(C(=O)[C@@H]2CC=C[C@@H](NC(=O)OCC3c4ccccc4-c4ccccc43)C2)C1C(=O)O. The van der Waals surface area contributed by atoms with Crippen LogP contribution in [0.15, 0.2) is 60.7 Å². The Hall–Kier alpha value is -3.61. The predicted molar refractivity (Wildman–Crippen MR) is 131 cm³/mol. The first-order valence-electron chi connectivity index (χ1n) is 12.3. The third kappa shape index (κ3) is 4.43. The Morgan fingerprint density at radius 3 is 2.37 bits per heavy atom. The number of nitrogens with one attached hydrogen (secondary N) is 1. The molecule has 1 saturated heterocycles. The molecule has 0 aromatic heterocycles. The molecule has 5 rings (SSSR count). The lowest BCUT2D eigenvalue weighted by Crippen LogP contribution is -2.47. The Kier molecular flexibility index (Phi) is 6.32. The molecule has 3 aliphatic rings. The quantitative estimate of drug-likeness (QED) is 0.634.